The molecule has 0 spiro atoms. The summed E-state index contributed by atoms with van der Waals surface area (Å²) < 4.78 is 15.5. The van der Waals surface area contributed by atoms with Crippen LogP contribution >= 0.6 is 11.6 Å². The highest BCUT2D eigenvalue weighted by molar-refractivity contribution is 6.30. The predicted molar refractivity (Wildman–Crippen MR) is 129 cm³/mol. The van der Waals surface area contributed by atoms with E-state index in [0.29, 0.717) is 30.2 Å². The molecule has 1 amide bonds. The van der Waals surface area contributed by atoms with E-state index in [0.717, 1.165) is 35.4 Å². The monoisotopic (exact) mass is 462 g/mol. The lowest BCUT2D eigenvalue weighted by atomic mass is 10.0. The maximum atomic E-state index is 13.4. The Balaban J connectivity index is 1.30. The maximum Gasteiger partial charge on any atom is 0.253 e. The van der Waals surface area contributed by atoms with Gasteiger partial charge in [0.1, 0.15) is 5.82 Å². The van der Waals surface area contributed by atoms with Gasteiger partial charge in [-0.1, -0.05) is 35.9 Å². The van der Waals surface area contributed by atoms with Crippen molar-refractivity contribution in [2.24, 2.45) is 0 Å². The number of carbonyl (C=O) groups is 1. The fourth-order valence-corrected chi connectivity index (χ4v) is 4.43. The number of carbonyl (C=O) groups excluding carboxylic acids is 1. The number of nitrogens with one attached hydrogen (secondary N) is 1. The number of amides is 1. The fraction of sp³-hybridized carbons (Fsp3) is 0.231. The van der Waals surface area contributed by atoms with Gasteiger partial charge >= 0.3 is 0 Å². The van der Waals surface area contributed by atoms with Crippen molar-refractivity contribution in [2.45, 2.75) is 25.4 Å². The Hall–Kier alpha value is -3.38. The summed E-state index contributed by atoms with van der Waals surface area (Å²) >= 11 is 5.94. The first kappa shape index (κ1) is 21.5. The van der Waals surface area contributed by atoms with E-state index in [-0.39, 0.29) is 17.8 Å². The molecule has 5 rings (SSSR count). The number of hydrogen-bond acceptors (Lipinski definition) is 3. The van der Waals surface area contributed by atoms with Crippen LogP contribution in [0.1, 0.15) is 28.8 Å². The number of benzene rings is 3. The average Bonchev–Trinajstić information content (AvgIpc) is 3.18. The fourth-order valence-electron chi connectivity index (χ4n) is 4.30. The summed E-state index contributed by atoms with van der Waals surface area (Å²) in [6, 6.07) is 21.8. The summed E-state index contributed by atoms with van der Waals surface area (Å²) in [6.07, 6.45) is 1.66. The zero-order valence-electron chi connectivity index (χ0n) is 18.0. The molecule has 0 radical (unpaired) electrons. The molecule has 1 aliphatic heterocycles. The molecule has 1 saturated heterocycles. The maximum absolute atomic E-state index is 13.4. The molecule has 3 aromatic carbocycles. The SMILES string of the molecule is O=C(c1ccc(Cl)cc1)N1CCC(Nc2nc3ccccc3n2Cc2ccc(F)cc2)CC1. The van der Waals surface area contributed by atoms with Gasteiger partial charge < -0.3 is 14.8 Å². The summed E-state index contributed by atoms with van der Waals surface area (Å²) in [7, 11) is 0. The lowest BCUT2D eigenvalue weighted by Crippen LogP contribution is -2.42. The van der Waals surface area contributed by atoms with Crippen molar-refractivity contribution >= 4 is 34.5 Å². The summed E-state index contributed by atoms with van der Waals surface area (Å²) in [6.45, 7) is 1.95. The summed E-state index contributed by atoms with van der Waals surface area (Å²) in [4.78, 5) is 19.5. The van der Waals surface area contributed by atoms with E-state index in [1.165, 1.54) is 12.1 Å². The number of likely N-dealkylation sites (tertiary alicyclic amines) is 1. The van der Waals surface area contributed by atoms with Gasteiger partial charge in [0.05, 0.1) is 17.6 Å². The molecule has 0 bridgehead atoms. The number of hydrogen-bond donors (Lipinski definition) is 1. The van der Waals surface area contributed by atoms with Crippen molar-refractivity contribution in [3.8, 4) is 0 Å². The normalized spacial score (nSPS) is 14.5. The molecule has 0 aliphatic carbocycles. The van der Waals surface area contributed by atoms with Gasteiger partial charge in [-0.3, -0.25) is 4.79 Å². The highest BCUT2D eigenvalue weighted by Gasteiger charge is 2.25. The average molecular weight is 463 g/mol. The Labute approximate surface area is 196 Å². The molecule has 0 unspecified atom stereocenters. The van der Waals surface area contributed by atoms with E-state index < -0.39 is 0 Å². The molecule has 168 valence electrons. The minimum absolute atomic E-state index is 0.0358. The Morgan fingerprint density at radius 1 is 1.00 bits per heavy atom. The number of para-hydroxylation sites is 2. The molecule has 2 heterocycles. The van der Waals surface area contributed by atoms with Crippen molar-refractivity contribution in [3.05, 3.63) is 94.8 Å². The van der Waals surface area contributed by atoms with Crippen LogP contribution in [0.25, 0.3) is 11.0 Å². The van der Waals surface area contributed by atoms with E-state index >= 15 is 0 Å². The summed E-state index contributed by atoms with van der Waals surface area (Å²) in [5.74, 6) is 0.587. The second kappa shape index (κ2) is 9.24. The van der Waals surface area contributed by atoms with Gasteiger partial charge in [-0.2, -0.15) is 0 Å². The van der Waals surface area contributed by atoms with Crippen LogP contribution in [0.4, 0.5) is 10.3 Å². The third-order valence-corrected chi connectivity index (χ3v) is 6.37. The summed E-state index contributed by atoms with van der Waals surface area (Å²) in [5, 5.41) is 4.22. The van der Waals surface area contributed by atoms with Crippen LogP contribution in [0.5, 0.6) is 0 Å². The van der Waals surface area contributed by atoms with Crippen LogP contribution < -0.4 is 5.32 Å². The molecule has 0 saturated carbocycles. The number of anilines is 1. The molecule has 7 heteroatoms. The van der Waals surface area contributed by atoms with Crippen molar-refractivity contribution in [1.82, 2.24) is 14.5 Å². The number of fused-ring (bicyclic) bond motifs is 1. The van der Waals surface area contributed by atoms with Crippen molar-refractivity contribution in [2.75, 3.05) is 18.4 Å². The van der Waals surface area contributed by atoms with E-state index in [4.69, 9.17) is 16.6 Å². The number of piperidine rings is 1. The minimum atomic E-state index is -0.243. The lowest BCUT2D eigenvalue weighted by molar-refractivity contribution is 0.0718. The molecule has 4 aromatic rings. The zero-order valence-corrected chi connectivity index (χ0v) is 18.8. The third kappa shape index (κ3) is 4.71. The Kier molecular flexibility index (Phi) is 6.01. The van der Waals surface area contributed by atoms with Crippen molar-refractivity contribution < 1.29 is 9.18 Å². The molecule has 1 aromatic heterocycles. The topological polar surface area (TPSA) is 50.2 Å². The van der Waals surface area contributed by atoms with Crippen LogP contribution in [0.15, 0.2) is 72.8 Å². The molecular formula is C26H24ClFN4O. The van der Waals surface area contributed by atoms with Crippen molar-refractivity contribution in [3.63, 3.8) is 0 Å². The molecular weight excluding hydrogens is 439 g/mol. The molecule has 33 heavy (non-hydrogen) atoms. The number of aromatic nitrogens is 2. The quantitative estimate of drug-likeness (QED) is 0.420. The zero-order chi connectivity index (χ0) is 22.8. The largest absolute Gasteiger partial charge is 0.353 e. The van der Waals surface area contributed by atoms with E-state index in [9.17, 15) is 9.18 Å². The molecule has 1 aliphatic rings. The standard InChI is InChI=1S/C26H24ClFN4O/c27-20-9-7-19(8-10-20)25(33)31-15-13-22(14-16-31)29-26-30-23-3-1-2-4-24(23)32(26)17-18-5-11-21(28)12-6-18/h1-12,22H,13-17H2,(H,29,30). The highest BCUT2D eigenvalue weighted by Crippen LogP contribution is 2.24. The van der Waals surface area contributed by atoms with Gasteiger partial charge in [-0.15, -0.1) is 0 Å². The van der Waals surface area contributed by atoms with Crippen LogP contribution in [-0.2, 0) is 6.54 Å². The van der Waals surface area contributed by atoms with E-state index in [1.54, 1.807) is 36.4 Å². The Morgan fingerprint density at radius 3 is 2.42 bits per heavy atom. The molecule has 1 N–H and O–H groups in total. The van der Waals surface area contributed by atoms with Gasteiger partial charge in [-0.25, -0.2) is 9.37 Å². The van der Waals surface area contributed by atoms with Gasteiger partial charge in [0.2, 0.25) is 5.95 Å². The van der Waals surface area contributed by atoms with Crippen molar-refractivity contribution in [1.29, 1.82) is 0 Å². The molecule has 0 atom stereocenters. The van der Waals surface area contributed by atoms with Crippen LogP contribution in [-0.4, -0.2) is 39.5 Å². The van der Waals surface area contributed by atoms with Crippen LogP contribution in [0, 0.1) is 5.82 Å². The number of halogens is 2. The Bertz CT molecular complexity index is 1260. The van der Waals surface area contributed by atoms with E-state index in [1.807, 2.05) is 29.2 Å². The van der Waals surface area contributed by atoms with Gasteiger partial charge in [-0.05, 0) is 66.9 Å². The highest BCUT2D eigenvalue weighted by atomic mass is 35.5. The number of imidazole rings is 1. The second-order valence-electron chi connectivity index (χ2n) is 8.35. The van der Waals surface area contributed by atoms with Crippen LogP contribution in [0.3, 0.4) is 0 Å². The van der Waals surface area contributed by atoms with Crippen LogP contribution in [0.2, 0.25) is 5.02 Å². The third-order valence-electron chi connectivity index (χ3n) is 6.12. The Morgan fingerprint density at radius 2 is 1.70 bits per heavy atom. The first-order chi connectivity index (χ1) is 16.1. The number of nitrogens with zero attached hydrogens (tertiary/aromatic N) is 3. The smallest absolute Gasteiger partial charge is 0.253 e. The van der Waals surface area contributed by atoms with Gasteiger partial charge in [0.15, 0.2) is 0 Å². The second-order valence-corrected chi connectivity index (χ2v) is 8.79. The molecule has 1 fully saturated rings. The minimum Gasteiger partial charge on any atom is -0.353 e. The molecule has 5 nitrogen and oxygen atoms in total. The summed E-state index contributed by atoms with van der Waals surface area (Å²) in [5.41, 5.74) is 3.61. The first-order valence-electron chi connectivity index (χ1n) is 11.1. The van der Waals surface area contributed by atoms with Gasteiger partial charge in [0, 0.05) is 29.7 Å². The van der Waals surface area contributed by atoms with Gasteiger partial charge in [0.25, 0.3) is 5.91 Å². The predicted octanol–water partition coefficient (Wildman–Crippen LogP) is 5.59. The first-order valence-corrected chi connectivity index (χ1v) is 11.5. The van der Waals surface area contributed by atoms with E-state index in [2.05, 4.69) is 9.88 Å². The lowest BCUT2D eigenvalue weighted by Gasteiger charge is -2.32. The number of rotatable bonds is 5.